The Morgan fingerprint density at radius 3 is 2.43 bits per heavy atom. The Bertz CT molecular complexity index is 234. The zero-order valence-electron chi connectivity index (χ0n) is 8.51. The molecule has 0 aromatic carbocycles. The Hall–Kier alpha value is -1.06. The maximum absolute atomic E-state index is 10.8. The smallest absolute Gasteiger partial charge is 0.309 e. The number of hydrogen-bond donors (Lipinski definition) is 2. The van der Waals surface area contributed by atoms with Crippen LogP contribution in [0.15, 0.2) is 0 Å². The third-order valence-electron chi connectivity index (χ3n) is 2.76. The monoisotopic (exact) mass is 199 g/mol. The maximum atomic E-state index is 10.8. The van der Waals surface area contributed by atoms with E-state index < -0.39 is 11.4 Å². The largest absolute Gasteiger partial charge is 0.481 e. The SMILES string of the molecule is CC(=O)NCCCCC1(C(=O)O)CC1. The molecule has 0 bridgehead atoms. The van der Waals surface area contributed by atoms with Gasteiger partial charge in [-0.1, -0.05) is 6.42 Å². The van der Waals surface area contributed by atoms with Gasteiger partial charge >= 0.3 is 5.97 Å². The molecule has 0 heterocycles. The minimum absolute atomic E-state index is 0.0237. The van der Waals surface area contributed by atoms with E-state index in [-0.39, 0.29) is 5.91 Å². The molecule has 1 amide bonds. The highest BCUT2D eigenvalue weighted by molar-refractivity contribution is 5.77. The lowest BCUT2D eigenvalue weighted by Crippen LogP contribution is -2.21. The van der Waals surface area contributed by atoms with Crippen molar-refractivity contribution in [2.24, 2.45) is 5.41 Å². The lowest BCUT2D eigenvalue weighted by atomic mass is 9.99. The molecule has 0 unspecified atom stereocenters. The number of carboxylic acids is 1. The molecule has 0 aromatic rings. The van der Waals surface area contributed by atoms with Crippen LogP contribution in [0.3, 0.4) is 0 Å². The summed E-state index contributed by atoms with van der Waals surface area (Å²) in [6, 6.07) is 0. The van der Waals surface area contributed by atoms with E-state index in [9.17, 15) is 9.59 Å². The molecule has 1 aliphatic carbocycles. The summed E-state index contributed by atoms with van der Waals surface area (Å²) >= 11 is 0. The molecule has 0 radical (unpaired) electrons. The van der Waals surface area contributed by atoms with Gasteiger partial charge in [-0.3, -0.25) is 9.59 Å². The van der Waals surface area contributed by atoms with Gasteiger partial charge < -0.3 is 10.4 Å². The first kappa shape index (κ1) is 11.0. The van der Waals surface area contributed by atoms with Gasteiger partial charge in [-0.2, -0.15) is 0 Å². The number of unbranched alkanes of at least 4 members (excludes halogenated alkanes) is 1. The minimum atomic E-state index is -0.656. The minimum Gasteiger partial charge on any atom is -0.481 e. The van der Waals surface area contributed by atoms with Crippen molar-refractivity contribution in [1.29, 1.82) is 0 Å². The van der Waals surface area contributed by atoms with Crippen LogP contribution >= 0.6 is 0 Å². The van der Waals surface area contributed by atoms with Crippen molar-refractivity contribution in [3.05, 3.63) is 0 Å². The van der Waals surface area contributed by atoms with Crippen molar-refractivity contribution in [3.63, 3.8) is 0 Å². The zero-order chi connectivity index (χ0) is 10.6. The number of rotatable bonds is 6. The van der Waals surface area contributed by atoms with E-state index in [2.05, 4.69) is 5.32 Å². The fourth-order valence-electron chi connectivity index (χ4n) is 1.57. The van der Waals surface area contributed by atoms with E-state index in [0.29, 0.717) is 6.54 Å². The van der Waals surface area contributed by atoms with Crippen molar-refractivity contribution in [3.8, 4) is 0 Å². The summed E-state index contributed by atoms with van der Waals surface area (Å²) in [7, 11) is 0. The van der Waals surface area contributed by atoms with Crippen molar-refractivity contribution >= 4 is 11.9 Å². The number of aliphatic carboxylic acids is 1. The summed E-state index contributed by atoms with van der Waals surface area (Å²) < 4.78 is 0. The average molecular weight is 199 g/mol. The van der Waals surface area contributed by atoms with E-state index in [1.54, 1.807) is 0 Å². The molecule has 1 fully saturated rings. The normalized spacial score (nSPS) is 17.5. The van der Waals surface area contributed by atoms with Crippen LogP contribution in [0.25, 0.3) is 0 Å². The van der Waals surface area contributed by atoms with Crippen molar-refractivity contribution < 1.29 is 14.7 Å². The van der Waals surface area contributed by atoms with Crippen LogP contribution in [-0.4, -0.2) is 23.5 Å². The average Bonchev–Trinajstić information content (AvgIpc) is 2.84. The van der Waals surface area contributed by atoms with Gasteiger partial charge in [0.15, 0.2) is 0 Å². The lowest BCUT2D eigenvalue weighted by molar-refractivity contribution is -0.143. The van der Waals surface area contributed by atoms with Gasteiger partial charge in [0, 0.05) is 13.5 Å². The molecule has 1 aliphatic rings. The summed E-state index contributed by atoms with van der Waals surface area (Å²) in [4.78, 5) is 21.3. The van der Waals surface area contributed by atoms with Gasteiger partial charge in [0.2, 0.25) is 5.91 Å². The molecule has 2 N–H and O–H groups in total. The van der Waals surface area contributed by atoms with E-state index in [0.717, 1.165) is 32.1 Å². The molecular weight excluding hydrogens is 182 g/mol. The predicted octanol–water partition coefficient (Wildman–Crippen LogP) is 1.16. The van der Waals surface area contributed by atoms with Crippen LogP contribution in [0.1, 0.15) is 39.0 Å². The highest BCUT2D eigenvalue weighted by Gasteiger charge is 2.49. The first-order valence-electron chi connectivity index (χ1n) is 5.05. The topological polar surface area (TPSA) is 66.4 Å². The van der Waals surface area contributed by atoms with Crippen LogP contribution in [0, 0.1) is 5.41 Å². The molecule has 1 saturated carbocycles. The number of carbonyl (C=O) groups is 2. The Balaban J connectivity index is 2.04. The second-order valence-corrected chi connectivity index (χ2v) is 4.03. The zero-order valence-corrected chi connectivity index (χ0v) is 8.51. The van der Waals surface area contributed by atoms with Gasteiger partial charge in [0.05, 0.1) is 5.41 Å². The number of nitrogens with one attached hydrogen (secondary N) is 1. The molecule has 0 aliphatic heterocycles. The Morgan fingerprint density at radius 1 is 1.36 bits per heavy atom. The molecule has 14 heavy (non-hydrogen) atoms. The molecule has 4 heteroatoms. The van der Waals surface area contributed by atoms with Crippen LogP contribution in [0.4, 0.5) is 0 Å². The molecule has 0 aromatic heterocycles. The van der Waals surface area contributed by atoms with Crippen LogP contribution in [0.2, 0.25) is 0 Å². The van der Waals surface area contributed by atoms with Gasteiger partial charge in [-0.05, 0) is 25.7 Å². The van der Waals surface area contributed by atoms with Crippen molar-refractivity contribution in [1.82, 2.24) is 5.32 Å². The van der Waals surface area contributed by atoms with E-state index in [1.807, 2.05) is 0 Å². The van der Waals surface area contributed by atoms with Gasteiger partial charge in [0.25, 0.3) is 0 Å². The number of hydrogen-bond acceptors (Lipinski definition) is 2. The number of carbonyl (C=O) groups excluding carboxylic acids is 1. The summed E-state index contributed by atoms with van der Waals surface area (Å²) in [5, 5.41) is 11.6. The summed E-state index contributed by atoms with van der Waals surface area (Å²) in [6.07, 6.45) is 4.15. The van der Waals surface area contributed by atoms with Crippen molar-refractivity contribution in [2.45, 2.75) is 39.0 Å². The molecule has 80 valence electrons. The molecule has 1 rings (SSSR count). The standard InChI is InChI=1S/C10H17NO3/c1-8(12)11-7-3-2-4-10(5-6-10)9(13)14/h2-7H2,1H3,(H,11,12)(H,13,14). The second-order valence-electron chi connectivity index (χ2n) is 4.03. The third-order valence-corrected chi connectivity index (χ3v) is 2.76. The van der Waals surface area contributed by atoms with Crippen molar-refractivity contribution in [2.75, 3.05) is 6.54 Å². The van der Waals surface area contributed by atoms with E-state index >= 15 is 0 Å². The molecule has 4 nitrogen and oxygen atoms in total. The second kappa shape index (κ2) is 4.44. The van der Waals surface area contributed by atoms with E-state index in [4.69, 9.17) is 5.11 Å². The maximum Gasteiger partial charge on any atom is 0.309 e. The van der Waals surface area contributed by atoms with Gasteiger partial charge in [0.1, 0.15) is 0 Å². The summed E-state index contributed by atoms with van der Waals surface area (Å²) in [5.41, 5.74) is -0.407. The first-order valence-corrected chi connectivity index (χ1v) is 5.05. The molecule has 0 atom stereocenters. The Labute approximate surface area is 83.7 Å². The highest BCUT2D eigenvalue weighted by Crippen LogP contribution is 2.49. The number of amides is 1. The molecular formula is C10H17NO3. The fourth-order valence-corrected chi connectivity index (χ4v) is 1.57. The van der Waals surface area contributed by atoms with Gasteiger partial charge in [-0.25, -0.2) is 0 Å². The highest BCUT2D eigenvalue weighted by atomic mass is 16.4. The quantitative estimate of drug-likeness (QED) is 0.631. The number of carboxylic acid groups (broad SMARTS) is 1. The van der Waals surface area contributed by atoms with Crippen LogP contribution in [0.5, 0.6) is 0 Å². The molecule has 0 spiro atoms. The first-order chi connectivity index (χ1) is 6.57. The Morgan fingerprint density at radius 2 is 2.00 bits per heavy atom. The lowest BCUT2D eigenvalue weighted by Gasteiger charge is -2.08. The predicted molar refractivity (Wildman–Crippen MR) is 51.8 cm³/mol. The van der Waals surface area contributed by atoms with Gasteiger partial charge in [-0.15, -0.1) is 0 Å². The molecule has 0 saturated heterocycles. The Kier molecular flexibility index (Phi) is 3.49. The van der Waals surface area contributed by atoms with E-state index in [1.165, 1.54) is 6.92 Å². The third kappa shape index (κ3) is 3.01. The summed E-state index contributed by atoms with van der Waals surface area (Å²) in [5.74, 6) is -0.679. The fraction of sp³-hybridized carbons (Fsp3) is 0.800. The summed E-state index contributed by atoms with van der Waals surface area (Å²) in [6.45, 7) is 2.14. The van der Waals surface area contributed by atoms with Crippen LogP contribution in [-0.2, 0) is 9.59 Å². The van der Waals surface area contributed by atoms with Crippen LogP contribution < -0.4 is 5.32 Å².